The van der Waals surface area contributed by atoms with Gasteiger partial charge in [0.1, 0.15) is 18.0 Å². The van der Waals surface area contributed by atoms with Gasteiger partial charge < -0.3 is 15.4 Å². The molecule has 2 amide bonds. The van der Waals surface area contributed by atoms with Crippen LogP contribution in [0.15, 0.2) is 30.3 Å². The van der Waals surface area contributed by atoms with E-state index in [4.69, 9.17) is 4.74 Å². The fourth-order valence-electron chi connectivity index (χ4n) is 3.53. The number of carbonyl (C=O) groups excluding carboxylic acids is 2. The van der Waals surface area contributed by atoms with Crippen LogP contribution >= 0.6 is 11.8 Å². The zero-order valence-electron chi connectivity index (χ0n) is 17.8. The zero-order chi connectivity index (χ0) is 22.5. The van der Waals surface area contributed by atoms with Gasteiger partial charge in [0, 0.05) is 18.9 Å². The number of benzene rings is 2. The van der Waals surface area contributed by atoms with Crippen LogP contribution in [-0.4, -0.2) is 42.5 Å². The molecular formula is C23H26F2N2O3S. The molecule has 8 heteroatoms. The summed E-state index contributed by atoms with van der Waals surface area (Å²) in [6.07, 6.45) is 2.45. The molecule has 0 unspecified atom stereocenters. The molecule has 3 rings (SSSR count). The van der Waals surface area contributed by atoms with E-state index in [2.05, 4.69) is 10.6 Å². The minimum atomic E-state index is -0.617. The number of hydrogen-bond acceptors (Lipinski definition) is 4. The van der Waals surface area contributed by atoms with E-state index < -0.39 is 18.0 Å². The number of carbonyl (C=O) groups is 2. The lowest BCUT2D eigenvalue weighted by Gasteiger charge is -2.19. The lowest BCUT2D eigenvalue weighted by molar-refractivity contribution is -0.128. The second-order valence-electron chi connectivity index (χ2n) is 7.63. The molecule has 0 saturated heterocycles. The first kappa shape index (κ1) is 23.1. The zero-order valence-corrected chi connectivity index (χ0v) is 18.6. The van der Waals surface area contributed by atoms with Crippen molar-refractivity contribution in [2.75, 3.05) is 18.6 Å². The van der Waals surface area contributed by atoms with Gasteiger partial charge in [0.25, 0.3) is 0 Å². The van der Waals surface area contributed by atoms with Crippen LogP contribution < -0.4 is 15.4 Å². The van der Waals surface area contributed by atoms with Crippen LogP contribution in [0.4, 0.5) is 8.78 Å². The molecule has 1 aliphatic rings. The second kappa shape index (κ2) is 10.1. The third kappa shape index (κ3) is 5.76. The van der Waals surface area contributed by atoms with Crippen molar-refractivity contribution in [2.45, 2.75) is 38.8 Å². The summed E-state index contributed by atoms with van der Waals surface area (Å²) in [4.78, 5) is 23.8. The van der Waals surface area contributed by atoms with E-state index in [-0.39, 0.29) is 29.9 Å². The van der Waals surface area contributed by atoms with Crippen molar-refractivity contribution in [3.63, 3.8) is 0 Å². The fraction of sp³-hybridized carbons (Fsp3) is 0.391. The SMILES string of the molecule is CSCC[C@H](NC(C)=O)C(=O)NC[C@@H]1Cc2cc(-c3ccc(C)c(F)c3)cc(F)c2O1. The van der Waals surface area contributed by atoms with E-state index in [0.29, 0.717) is 35.1 Å². The molecule has 5 nitrogen and oxygen atoms in total. The Morgan fingerprint density at radius 3 is 2.61 bits per heavy atom. The molecule has 166 valence electrons. The Balaban J connectivity index is 1.66. The molecule has 2 atom stereocenters. The molecule has 0 saturated carbocycles. The average Bonchev–Trinajstić information content (AvgIpc) is 3.14. The Kier molecular flexibility index (Phi) is 7.54. The molecule has 0 fully saturated rings. The standard InChI is InChI=1S/C23H26F2N2O3S/c1-13-4-5-15(10-19(13)24)16-8-17-9-18(30-22(17)20(25)11-16)12-26-23(29)21(6-7-31-3)27-14(2)28/h4-5,8,10-11,18,21H,6-7,9,12H2,1-3H3,(H,26,29)(H,27,28)/t18-,21-/m0/s1. The van der Waals surface area contributed by atoms with Crippen molar-refractivity contribution in [1.29, 1.82) is 0 Å². The van der Waals surface area contributed by atoms with E-state index in [1.165, 1.54) is 19.1 Å². The molecule has 2 N–H and O–H groups in total. The van der Waals surface area contributed by atoms with Gasteiger partial charge in [-0.05, 0) is 60.2 Å². The molecule has 0 radical (unpaired) electrons. The number of nitrogens with one attached hydrogen (secondary N) is 2. The van der Waals surface area contributed by atoms with Gasteiger partial charge >= 0.3 is 0 Å². The summed E-state index contributed by atoms with van der Waals surface area (Å²) in [6, 6.07) is 7.31. The lowest BCUT2D eigenvalue weighted by Crippen LogP contribution is -2.48. The predicted molar refractivity (Wildman–Crippen MR) is 118 cm³/mol. The Morgan fingerprint density at radius 1 is 1.19 bits per heavy atom. The van der Waals surface area contributed by atoms with Crippen LogP contribution in [0.5, 0.6) is 5.75 Å². The fourth-order valence-corrected chi connectivity index (χ4v) is 4.00. The van der Waals surface area contributed by atoms with Crippen LogP contribution in [0.3, 0.4) is 0 Å². The van der Waals surface area contributed by atoms with Crippen molar-refractivity contribution in [1.82, 2.24) is 10.6 Å². The van der Waals surface area contributed by atoms with Crippen molar-refractivity contribution in [3.8, 4) is 16.9 Å². The van der Waals surface area contributed by atoms with Crippen LogP contribution in [0.2, 0.25) is 0 Å². The predicted octanol–water partition coefficient (Wildman–Crippen LogP) is 3.62. The summed E-state index contributed by atoms with van der Waals surface area (Å²) in [7, 11) is 0. The first-order valence-corrected chi connectivity index (χ1v) is 11.5. The molecule has 0 spiro atoms. The number of halogens is 2. The summed E-state index contributed by atoms with van der Waals surface area (Å²) < 4.78 is 34.3. The van der Waals surface area contributed by atoms with E-state index in [9.17, 15) is 18.4 Å². The third-order valence-corrected chi connectivity index (χ3v) is 5.81. The summed E-state index contributed by atoms with van der Waals surface area (Å²) in [5.41, 5.74) is 2.37. The normalized spacial score (nSPS) is 15.7. The van der Waals surface area contributed by atoms with E-state index in [0.717, 1.165) is 5.75 Å². The Morgan fingerprint density at radius 2 is 1.94 bits per heavy atom. The van der Waals surface area contributed by atoms with E-state index in [1.807, 2.05) is 6.26 Å². The molecule has 2 aromatic carbocycles. The number of aryl methyl sites for hydroxylation is 1. The molecular weight excluding hydrogens is 422 g/mol. The van der Waals surface area contributed by atoms with Gasteiger partial charge in [-0.2, -0.15) is 11.8 Å². The summed E-state index contributed by atoms with van der Waals surface area (Å²) >= 11 is 1.59. The number of ether oxygens (including phenoxy) is 1. The third-order valence-electron chi connectivity index (χ3n) is 5.17. The maximum Gasteiger partial charge on any atom is 0.242 e. The highest BCUT2D eigenvalue weighted by atomic mass is 32.2. The Hall–Kier alpha value is -2.61. The first-order valence-electron chi connectivity index (χ1n) is 10.1. The number of fused-ring (bicyclic) bond motifs is 1. The molecule has 31 heavy (non-hydrogen) atoms. The quantitative estimate of drug-likeness (QED) is 0.647. The van der Waals surface area contributed by atoms with Gasteiger partial charge in [-0.3, -0.25) is 9.59 Å². The minimum absolute atomic E-state index is 0.163. The van der Waals surface area contributed by atoms with Crippen molar-refractivity contribution in [3.05, 3.63) is 53.1 Å². The van der Waals surface area contributed by atoms with Gasteiger partial charge in [-0.25, -0.2) is 8.78 Å². The van der Waals surface area contributed by atoms with E-state index in [1.54, 1.807) is 36.9 Å². The highest BCUT2D eigenvalue weighted by Gasteiger charge is 2.28. The molecule has 0 bridgehead atoms. The number of rotatable bonds is 8. The monoisotopic (exact) mass is 448 g/mol. The summed E-state index contributed by atoms with van der Waals surface area (Å²) in [6.45, 7) is 3.24. The number of amides is 2. The van der Waals surface area contributed by atoms with Crippen molar-refractivity contribution in [2.24, 2.45) is 0 Å². The van der Waals surface area contributed by atoms with Gasteiger partial charge in [-0.15, -0.1) is 0 Å². The maximum absolute atomic E-state index is 14.6. The summed E-state index contributed by atoms with van der Waals surface area (Å²) in [5, 5.41) is 5.45. The Labute approximate surface area is 184 Å². The second-order valence-corrected chi connectivity index (χ2v) is 8.62. The number of thioether (sulfide) groups is 1. The van der Waals surface area contributed by atoms with Crippen LogP contribution in [0.25, 0.3) is 11.1 Å². The van der Waals surface area contributed by atoms with Crippen molar-refractivity contribution < 1.29 is 23.1 Å². The molecule has 0 aromatic heterocycles. The lowest BCUT2D eigenvalue weighted by atomic mass is 9.99. The van der Waals surface area contributed by atoms with Gasteiger partial charge in [0.15, 0.2) is 11.6 Å². The Bertz CT molecular complexity index is 984. The molecule has 1 heterocycles. The largest absolute Gasteiger partial charge is 0.485 e. The summed E-state index contributed by atoms with van der Waals surface area (Å²) in [5.74, 6) is -0.523. The maximum atomic E-state index is 14.6. The highest BCUT2D eigenvalue weighted by molar-refractivity contribution is 7.98. The smallest absolute Gasteiger partial charge is 0.242 e. The molecule has 1 aliphatic heterocycles. The molecule has 0 aliphatic carbocycles. The van der Waals surface area contributed by atoms with Crippen molar-refractivity contribution >= 4 is 23.6 Å². The van der Waals surface area contributed by atoms with Gasteiger partial charge in [0.2, 0.25) is 11.8 Å². The van der Waals surface area contributed by atoms with Crippen LogP contribution in [0, 0.1) is 18.6 Å². The van der Waals surface area contributed by atoms with Gasteiger partial charge in [0.05, 0.1) is 6.54 Å². The van der Waals surface area contributed by atoms with Crippen LogP contribution in [-0.2, 0) is 16.0 Å². The van der Waals surface area contributed by atoms with Crippen LogP contribution in [0.1, 0.15) is 24.5 Å². The van der Waals surface area contributed by atoms with Gasteiger partial charge in [-0.1, -0.05) is 12.1 Å². The molecule has 2 aromatic rings. The minimum Gasteiger partial charge on any atom is -0.485 e. The van der Waals surface area contributed by atoms with E-state index >= 15 is 0 Å². The first-order chi connectivity index (χ1) is 14.8. The topological polar surface area (TPSA) is 67.4 Å². The number of hydrogen-bond donors (Lipinski definition) is 2. The highest BCUT2D eigenvalue weighted by Crippen LogP contribution is 2.36. The average molecular weight is 449 g/mol.